The molecule has 4 aromatic carbocycles. The van der Waals surface area contributed by atoms with Crippen molar-refractivity contribution in [3.8, 4) is 28.4 Å². The van der Waals surface area contributed by atoms with Crippen molar-refractivity contribution in [3.05, 3.63) is 148 Å². The molecule has 0 saturated carbocycles. The van der Waals surface area contributed by atoms with Gasteiger partial charge in [-0.2, -0.15) is 0 Å². The largest absolute Gasteiger partial charge is 2.00 e. The van der Waals surface area contributed by atoms with Crippen LogP contribution in [0.15, 0.2) is 102 Å². The minimum absolute atomic E-state index is 0. The predicted octanol–water partition coefficient (Wildman–Crippen LogP) is 12.8. The Morgan fingerprint density at radius 2 is 1.43 bits per heavy atom. The molecule has 2 atom stereocenters. The van der Waals surface area contributed by atoms with Gasteiger partial charge in [0.05, 0.1) is 16.7 Å². The van der Waals surface area contributed by atoms with Crippen molar-refractivity contribution in [3.63, 3.8) is 0 Å². The van der Waals surface area contributed by atoms with Crippen LogP contribution in [0.2, 0.25) is 0 Å². The van der Waals surface area contributed by atoms with Crippen LogP contribution < -0.4 is 4.74 Å². The van der Waals surface area contributed by atoms with Crippen molar-refractivity contribution in [1.82, 2.24) is 14.5 Å². The number of aromatic nitrogens is 3. The quantitative estimate of drug-likeness (QED) is 0.161. The molecule has 60 heavy (non-hydrogen) atoms. The third-order valence-corrected chi connectivity index (χ3v) is 12.5. The van der Waals surface area contributed by atoms with Crippen molar-refractivity contribution in [2.75, 3.05) is 0 Å². The molecule has 3 aromatic heterocycles. The van der Waals surface area contributed by atoms with E-state index in [9.17, 15) is 0 Å². The first-order chi connectivity index (χ1) is 27.7. The number of ether oxygens (including phenoxy) is 2. The number of hydrogen-bond acceptors (Lipinski definition) is 5. The second kappa shape index (κ2) is 14.3. The summed E-state index contributed by atoms with van der Waals surface area (Å²) in [6, 6.07) is 37.0. The second-order valence-electron chi connectivity index (χ2n) is 20.1. The second-order valence-corrected chi connectivity index (χ2v) is 20.1. The average Bonchev–Trinajstić information content (AvgIpc) is 3.72. The van der Waals surface area contributed by atoms with E-state index in [1.54, 1.807) is 0 Å². The van der Waals surface area contributed by atoms with E-state index in [4.69, 9.17) is 24.4 Å². The Labute approximate surface area is 369 Å². The first-order valence-electron chi connectivity index (χ1n) is 20.8. The molecule has 0 saturated heterocycles. The van der Waals surface area contributed by atoms with Gasteiger partial charge in [-0.15, -0.1) is 29.8 Å². The van der Waals surface area contributed by atoms with Gasteiger partial charge in [0.1, 0.15) is 17.1 Å². The number of hydrogen-bond donors (Lipinski definition) is 0. The van der Waals surface area contributed by atoms with Crippen LogP contribution in [0.4, 0.5) is 0 Å². The van der Waals surface area contributed by atoms with Crippen LogP contribution in [0, 0.1) is 19.1 Å². The number of fused-ring (bicyclic) bond motifs is 6. The van der Waals surface area contributed by atoms with Crippen molar-refractivity contribution < 1.29 is 30.5 Å². The molecule has 0 fully saturated rings. The fourth-order valence-corrected chi connectivity index (χ4v) is 8.91. The van der Waals surface area contributed by atoms with Crippen LogP contribution in [0.1, 0.15) is 115 Å². The molecule has 0 unspecified atom stereocenters. The molecule has 0 N–H and O–H groups in total. The summed E-state index contributed by atoms with van der Waals surface area (Å²) in [7, 11) is 0. The molecule has 0 amide bonds. The molecule has 2 aliphatic rings. The Morgan fingerprint density at radius 3 is 2.13 bits per heavy atom. The smallest absolute Gasteiger partial charge is 0.508 e. The number of nitrogens with zero attached hydrogens (tertiary/aromatic N) is 4. The molecule has 7 aromatic rings. The van der Waals surface area contributed by atoms with Crippen molar-refractivity contribution >= 4 is 27.8 Å². The van der Waals surface area contributed by atoms with Gasteiger partial charge < -0.3 is 14.0 Å². The van der Waals surface area contributed by atoms with E-state index in [-0.39, 0.29) is 37.3 Å². The molecule has 4 heterocycles. The molecule has 1 aliphatic carbocycles. The zero-order valence-electron chi connectivity index (χ0n) is 36.9. The van der Waals surface area contributed by atoms with E-state index in [0.717, 1.165) is 56.4 Å². The SMILES string of the molecule is Cc1ccc2c(c1)c1cccnc1n2-c1[c-]c(Oc2[c-]c(C3=N[C@]4(C)Cc5c(C(C)(C)C)cc(C(C)(C)C)cc5[C@]4(C)O3)cc(-c3ccccn3)c2)cc(C(C)(C)C)c1.[Pt+2]. The number of pyridine rings is 2. The molecule has 0 radical (unpaired) electrons. The van der Waals surface area contributed by atoms with E-state index in [1.165, 1.54) is 27.8 Å². The Balaban J connectivity index is 0.00000499. The first-order valence-corrected chi connectivity index (χ1v) is 20.8. The molecule has 7 heteroatoms. The van der Waals surface area contributed by atoms with E-state index in [0.29, 0.717) is 17.4 Å². The number of aryl methyl sites for hydroxylation is 1. The number of rotatable bonds is 5. The summed E-state index contributed by atoms with van der Waals surface area (Å²) in [5.74, 6) is 1.66. The van der Waals surface area contributed by atoms with Crippen LogP contribution in [0.25, 0.3) is 38.9 Å². The van der Waals surface area contributed by atoms with Crippen LogP contribution in [-0.4, -0.2) is 26.0 Å². The summed E-state index contributed by atoms with van der Waals surface area (Å²) in [5, 5.41) is 2.25. The maximum absolute atomic E-state index is 7.17. The van der Waals surface area contributed by atoms with Gasteiger partial charge >= 0.3 is 21.1 Å². The fourth-order valence-electron chi connectivity index (χ4n) is 8.91. The summed E-state index contributed by atoms with van der Waals surface area (Å²) in [6.07, 6.45) is 4.45. The third kappa shape index (κ3) is 6.99. The van der Waals surface area contributed by atoms with Gasteiger partial charge in [0, 0.05) is 46.6 Å². The van der Waals surface area contributed by atoms with E-state index >= 15 is 0 Å². The Morgan fingerprint density at radius 1 is 0.717 bits per heavy atom. The van der Waals surface area contributed by atoms with Crippen molar-refractivity contribution in [2.45, 2.75) is 117 Å². The van der Waals surface area contributed by atoms with Gasteiger partial charge in [0.25, 0.3) is 0 Å². The van der Waals surface area contributed by atoms with Crippen LogP contribution in [0.3, 0.4) is 0 Å². The van der Waals surface area contributed by atoms with Gasteiger partial charge in [-0.3, -0.25) is 9.98 Å². The van der Waals surface area contributed by atoms with Gasteiger partial charge in [-0.1, -0.05) is 121 Å². The molecule has 6 nitrogen and oxygen atoms in total. The zero-order chi connectivity index (χ0) is 41.9. The topological polar surface area (TPSA) is 61.5 Å². The molecule has 308 valence electrons. The normalized spacial score (nSPS) is 18.8. The summed E-state index contributed by atoms with van der Waals surface area (Å²) < 4.78 is 16.2. The maximum Gasteiger partial charge on any atom is 2.00 e. The molecule has 9 rings (SSSR count). The van der Waals surface area contributed by atoms with Gasteiger partial charge in [-0.25, -0.2) is 4.98 Å². The molecule has 0 spiro atoms. The van der Waals surface area contributed by atoms with Gasteiger partial charge in [-0.05, 0) is 90.1 Å². The minimum Gasteiger partial charge on any atom is -0.508 e. The van der Waals surface area contributed by atoms with Crippen LogP contribution >= 0.6 is 0 Å². The Hall–Kier alpha value is -5.06. The first kappa shape index (κ1) is 41.7. The summed E-state index contributed by atoms with van der Waals surface area (Å²) >= 11 is 0. The van der Waals surface area contributed by atoms with Gasteiger partial charge in [0.15, 0.2) is 0 Å². The van der Waals surface area contributed by atoms with E-state index in [1.807, 2.05) is 42.7 Å². The molecular formula is C53H54N4O2Pt. The van der Waals surface area contributed by atoms with Crippen molar-refractivity contribution in [1.29, 1.82) is 0 Å². The molecule has 1 aliphatic heterocycles. The van der Waals surface area contributed by atoms with Crippen molar-refractivity contribution in [2.24, 2.45) is 4.99 Å². The third-order valence-electron chi connectivity index (χ3n) is 12.5. The zero-order valence-corrected chi connectivity index (χ0v) is 39.1. The summed E-state index contributed by atoms with van der Waals surface area (Å²) in [6.45, 7) is 27.0. The number of aliphatic imine (C=N–C) groups is 1. The molecule has 0 bridgehead atoms. The fraction of sp³-hybridized carbons (Fsp3) is 0.340. The summed E-state index contributed by atoms with van der Waals surface area (Å²) in [5.41, 5.74) is 11.4. The average molecular weight is 974 g/mol. The van der Waals surface area contributed by atoms with Crippen LogP contribution in [-0.2, 0) is 54.1 Å². The van der Waals surface area contributed by atoms with E-state index < -0.39 is 11.1 Å². The summed E-state index contributed by atoms with van der Waals surface area (Å²) in [4.78, 5) is 15.1. The predicted molar refractivity (Wildman–Crippen MR) is 240 cm³/mol. The number of benzene rings is 4. The monoisotopic (exact) mass is 973 g/mol. The Bertz CT molecular complexity index is 2850. The maximum atomic E-state index is 7.17. The Kier molecular flexibility index (Phi) is 9.91. The minimum atomic E-state index is -0.673. The van der Waals surface area contributed by atoms with Gasteiger partial charge in [0.2, 0.25) is 0 Å². The van der Waals surface area contributed by atoms with Crippen LogP contribution in [0.5, 0.6) is 11.5 Å². The van der Waals surface area contributed by atoms with E-state index in [2.05, 4.69) is 154 Å². The standard InChI is InChI=1S/C53H54N4O2.Pt/c1-32-18-19-46-41(22-32)40-16-15-21-55-47(40)57(46)37-26-35(49(2,3)4)27-39(30-37)58-38-24-33(45-17-13-14-20-54-45)23-34(25-38)48-56-52(11)31-42-43(51(8,9)10)28-36(50(5,6)7)29-44(42)53(52,12)59-48;/h13-24,26-29H,31H2,1-12H3;/q-2;+2/t52-,53+;/m1./s1. The molecular weight excluding hydrogens is 920 g/mol.